The van der Waals surface area contributed by atoms with E-state index in [0.29, 0.717) is 13.2 Å². The molecule has 2 aliphatic heterocycles. The van der Waals surface area contributed by atoms with Crippen molar-refractivity contribution >= 4 is 11.5 Å². The first-order valence-corrected chi connectivity index (χ1v) is 6.73. The average Bonchev–Trinajstić information content (AvgIpc) is 3.00. The first-order chi connectivity index (χ1) is 8.29. The third-order valence-electron chi connectivity index (χ3n) is 3.71. The summed E-state index contributed by atoms with van der Waals surface area (Å²) in [7, 11) is 0. The number of aliphatic hydroxyl groups excluding tert-OH is 1. The molecule has 3 atom stereocenters. The second-order valence-corrected chi connectivity index (χ2v) is 5.67. The maximum atomic E-state index is 10.3. The smallest absolute Gasteiger partial charge is 0.0944 e. The highest BCUT2D eigenvalue weighted by atomic mass is 32.1. The summed E-state index contributed by atoms with van der Waals surface area (Å²) in [6.07, 6.45) is 3.89. The molecule has 3 unspecified atom stereocenters. The molecule has 3 heterocycles. The van der Waals surface area contributed by atoms with Crippen LogP contribution >= 0.6 is 11.5 Å². The molecule has 5 nitrogen and oxygen atoms in total. The topological polar surface area (TPSA) is 64.5 Å². The molecule has 1 spiro atoms. The second kappa shape index (κ2) is 4.61. The van der Waals surface area contributed by atoms with Crippen molar-refractivity contribution in [3.63, 3.8) is 0 Å². The Kier molecular flexibility index (Phi) is 3.12. The number of hydrogen-bond donors (Lipinski definition) is 1. The van der Waals surface area contributed by atoms with Gasteiger partial charge in [-0.1, -0.05) is 4.49 Å². The predicted octanol–water partition coefficient (Wildman–Crippen LogP) is 1.16. The average molecular weight is 256 g/mol. The van der Waals surface area contributed by atoms with Gasteiger partial charge in [0.2, 0.25) is 0 Å². The summed E-state index contributed by atoms with van der Waals surface area (Å²) in [6.45, 7) is 2.14. The van der Waals surface area contributed by atoms with Gasteiger partial charge in [0.15, 0.2) is 0 Å². The van der Waals surface area contributed by atoms with Crippen LogP contribution in [0.25, 0.3) is 0 Å². The molecule has 1 aromatic rings. The van der Waals surface area contributed by atoms with Crippen molar-refractivity contribution in [3.05, 3.63) is 11.1 Å². The zero-order chi connectivity index (χ0) is 11.7. The fraction of sp³-hybridized carbons (Fsp3) is 0.818. The van der Waals surface area contributed by atoms with Crippen LogP contribution in [-0.2, 0) is 9.47 Å². The first kappa shape index (κ1) is 11.5. The summed E-state index contributed by atoms with van der Waals surface area (Å²) >= 11 is 1.27. The fourth-order valence-corrected chi connectivity index (χ4v) is 3.32. The molecule has 1 N–H and O–H groups in total. The van der Waals surface area contributed by atoms with Crippen LogP contribution in [0.4, 0.5) is 0 Å². The number of rotatable bonds is 2. The molecule has 0 aliphatic carbocycles. The highest BCUT2D eigenvalue weighted by molar-refractivity contribution is 7.05. The van der Waals surface area contributed by atoms with Gasteiger partial charge in [0, 0.05) is 19.6 Å². The molecule has 0 bridgehead atoms. The van der Waals surface area contributed by atoms with Crippen LogP contribution in [0.15, 0.2) is 6.20 Å². The molecular weight excluding hydrogens is 240 g/mol. The first-order valence-electron chi connectivity index (χ1n) is 5.96. The molecule has 3 rings (SSSR count). The number of hydrogen-bond acceptors (Lipinski definition) is 6. The Labute approximate surface area is 104 Å². The molecule has 6 heteroatoms. The van der Waals surface area contributed by atoms with Crippen molar-refractivity contribution < 1.29 is 14.6 Å². The van der Waals surface area contributed by atoms with Crippen molar-refractivity contribution in [3.8, 4) is 0 Å². The largest absolute Gasteiger partial charge is 0.387 e. The third-order valence-corrected chi connectivity index (χ3v) is 4.45. The molecule has 0 saturated carbocycles. The molecule has 2 fully saturated rings. The Balaban J connectivity index is 1.71. The number of ether oxygens (including phenoxy) is 2. The highest BCUT2D eigenvalue weighted by Gasteiger charge is 2.43. The molecule has 94 valence electrons. The fourth-order valence-electron chi connectivity index (χ4n) is 2.74. The van der Waals surface area contributed by atoms with Crippen LogP contribution in [0.1, 0.15) is 30.2 Å². The van der Waals surface area contributed by atoms with E-state index in [1.54, 1.807) is 6.20 Å². The van der Waals surface area contributed by atoms with Crippen LogP contribution in [-0.4, -0.2) is 40.1 Å². The maximum absolute atomic E-state index is 10.3. The molecule has 0 amide bonds. The summed E-state index contributed by atoms with van der Waals surface area (Å²) in [5.74, 6) is 0.229. The minimum absolute atomic E-state index is 0.151. The van der Waals surface area contributed by atoms with Gasteiger partial charge in [-0.2, -0.15) is 0 Å². The van der Waals surface area contributed by atoms with Crippen LogP contribution in [0, 0.1) is 5.92 Å². The van der Waals surface area contributed by atoms with Crippen molar-refractivity contribution in [1.82, 2.24) is 9.59 Å². The summed E-state index contributed by atoms with van der Waals surface area (Å²) in [5, 5.41) is 14.1. The van der Waals surface area contributed by atoms with E-state index in [9.17, 15) is 5.11 Å². The van der Waals surface area contributed by atoms with Crippen molar-refractivity contribution in [2.45, 2.75) is 31.0 Å². The summed E-state index contributed by atoms with van der Waals surface area (Å²) in [4.78, 5) is 0.853. The summed E-state index contributed by atoms with van der Waals surface area (Å²) in [6, 6.07) is 0. The molecule has 2 aliphatic rings. The Morgan fingerprint density at radius 1 is 1.53 bits per heavy atom. The Morgan fingerprint density at radius 3 is 3.18 bits per heavy atom. The predicted molar refractivity (Wildman–Crippen MR) is 61.7 cm³/mol. The highest BCUT2D eigenvalue weighted by Crippen LogP contribution is 2.41. The van der Waals surface area contributed by atoms with Crippen LogP contribution in [0.5, 0.6) is 0 Å². The van der Waals surface area contributed by atoms with Crippen molar-refractivity contribution in [1.29, 1.82) is 0 Å². The lowest BCUT2D eigenvalue weighted by atomic mass is 9.82. The maximum Gasteiger partial charge on any atom is 0.0944 e. The molecular formula is C11H16N2O3S. The zero-order valence-corrected chi connectivity index (χ0v) is 10.4. The van der Waals surface area contributed by atoms with E-state index in [-0.39, 0.29) is 11.5 Å². The van der Waals surface area contributed by atoms with Gasteiger partial charge in [0.1, 0.15) is 0 Å². The van der Waals surface area contributed by atoms with Gasteiger partial charge in [0.05, 0.1) is 29.4 Å². The lowest BCUT2D eigenvalue weighted by molar-refractivity contribution is -0.116. The molecule has 0 aromatic carbocycles. The minimum Gasteiger partial charge on any atom is -0.387 e. The van der Waals surface area contributed by atoms with E-state index in [4.69, 9.17) is 9.47 Å². The third kappa shape index (κ3) is 2.22. The van der Waals surface area contributed by atoms with E-state index in [1.165, 1.54) is 11.5 Å². The lowest BCUT2D eigenvalue weighted by Crippen LogP contribution is -2.41. The van der Waals surface area contributed by atoms with E-state index in [0.717, 1.165) is 30.7 Å². The molecule has 17 heavy (non-hydrogen) atoms. The van der Waals surface area contributed by atoms with E-state index in [2.05, 4.69) is 9.59 Å². The monoisotopic (exact) mass is 256 g/mol. The number of aliphatic hydroxyl groups is 1. The van der Waals surface area contributed by atoms with Gasteiger partial charge in [-0.05, 0) is 30.3 Å². The van der Waals surface area contributed by atoms with Gasteiger partial charge in [-0.25, -0.2) is 0 Å². The SMILES string of the molecule is OC(c1cnns1)C1CCOC2(CCOC2)C1. The van der Waals surface area contributed by atoms with Crippen molar-refractivity contribution in [2.24, 2.45) is 5.92 Å². The van der Waals surface area contributed by atoms with Crippen LogP contribution in [0.3, 0.4) is 0 Å². The van der Waals surface area contributed by atoms with E-state index < -0.39 is 6.10 Å². The quantitative estimate of drug-likeness (QED) is 0.860. The van der Waals surface area contributed by atoms with Crippen molar-refractivity contribution in [2.75, 3.05) is 19.8 Å². The Bertz CT molecular complexity index is 365. The number of aromatic nitrogens is 2. The Hall–Kier alpha value is -0.560. The minimum atomic E-state index is -0.462. The van der Waals surface area contributed by atoms with E-state index in [1.807, 2.05) is 0 Å². The van der Waals surface area contributed by atoms with Gasteiger partial charge in [0.25, 0.3) is 0 Å². The standard InChI is InChI=1S/C11H16N2O3S/c14-10(9-6-12-13-17-9)8-1-3-16-11(5-8)2-4-15-7-11/h6,8,10,14H,1-5,7H2. The second-order valence-electron chi connectivity index (χ2n) is 4.85. The number of nitrogens with zero attached hydrogens (tertiary/aromatic N) is 2. The van der Waals surface area contributed by atoms with Gasteiger partial charge in [-0.15, -0.1) is 5.10 Å². The van der Waals surface area contributed by atoms with Crippen LogP contribution in [0.2, 0.25) is 0 Å². The lowest BCUT2D eigenvalue weighted by Gasteiger charge is -2.38. The molecule has 0 radical (unpaired) electrons. The molecule has 1 aromatic heterocycles. The van der Waals surface area contributed by atoms with Crippen LogP contribution < -0.4 is 0 Å². The van der Waals surface area contributed by atoms with Gasteiger partial charge in [-0.3, -0.25) is 0 Å². The summed E-state index contributed by atoms with van der Waals surface area (Å²) < 4.78 is 15.1. The normalized spacial score (nSPS) is 35.2. The summed E-state index contributed by atoms with van der Waals surface area (Å²) in [5.41, 5.74) is -0.151. The molecule has 2 saturated heterocycles. The van der Waals surface area contributed by atoms with E-state index >= 15 is 0 Å². The van der Waals surface area contributed by atoms with Gasteiger partial charge < -0.3 is 14.6 Å². The Morgan fingerprint density at radius 2 is 2.47 bits per heavy atom. The van der Waals surface area contributed by atoms with Gasteiger partial charge >= 0.3 is 0 Å². The zero-order valence-electron chi connectivity index (χ0n) is 9.54.